The first kappa shape index (κ1) is 12.9. The molecule has 1 fully saturated rings. The summed E-state index contributed by atoms with van der Waals surface area (Å²) in [5, 5.41) is 5.10. The normalized spacial score (nSPS) is 23.9. The van der Waals surface area contributed by atoms with Crippen molar-refractivity contribution in [2.45, 2.75) is 30.2 Å². The lowest BCUT2D eigenvalue weighted by Gasteiger charge is -2.19. The molecule has 2 rings (SSSR count). The van der Waals surface area contributed by atoms with Crippen LogP contribution in [0, 0.1) is 5.92 Å². The molecule has 0 saturated heterocycles. The van der Waals surface area contributed by atoms with Gasteiger partial charge in [0.25, 0.3) is 5.91 Å². The molecule has 17 heavy (non-hydrogen) atoms. The van der Waals surface area contributed by atoms with Crippen molar-refractivity contribution in [1.29, 1.82) is 0 Å². The first-order chi connectivity index (χ1) is 8.26. The third kappa shape index (κ3) is 2.84. The second-order valence-electron chi connectivity index (χ2n) is 4.32. The lowest BCUT2D eigenvalue weighted by molar-refractivity contribution is 0.0930. The number of rotatable bonds is 4. The molecule has 0 aromatic carbocycles. The number of carbonyl (C=O) groups is 1. The molecule has 1 aliphatic carbocycles. The number of hydrogen-bond acceptors (Lipinski definition) is 4. The third-order valence-electron chi connectivity index (χ3n) is 3.33. The number of thiophene rings is 1. The lowest BCUT2D eigenvalue weighted by atomic mass is 10.0. The van der Waals surface area contributed by atoms with Crippen LogP contribution in [0.1, 0.15) is 28.9 Å². The highest BCUT2D eigenvalue weighted by Crippen LogP contribution is 2.28. The van der Waals surface area contributed by atoms with E-state index in [9.17, 15) is 4.79 Å². The molecule has 0 radical (unpaired) electrons. The zero-order valence-corrected chi connectivity index (χ0v) is 11.6. The van der Waals surface area contributed by atoms with Crippen molar-refractivity contribution < 1.29 is 4.79 Å². The van der Waals surface area contributed by atoms with Gasteiger partial charge >= 0.3 is 0 Å². The molecule has 1 aliphatic rings. The summed E-state index contributed by atoms with van der Waals surface area (Å²) >= 11 is 3.13. The average molecular weight is 270 g/mol. The van der Waals surface area contributed by atoms with Gasteiger partial charge in [0, 0.05) is 10.9 Å². The highest BCUT2D eigenvalue weighted by atomic mass is 32.2. The van der Waals surface area contributed by atoms with E-state index in [2.05, 4.69) is 5.32 Å². The van der Waals surface area contributed by atoms with Gasteiger partial charge in [-0.1, -0.05) is 6.42 Å². The van der Waals surface area contributed by atoms with Crippen LogP contribution in [-0.2, 0) is 0 Å². The van der Waals surface area contributed by atoms with Crippen molar-refractivity contribution >= 4 is 29.0 Å². The topological polar surface area (TPSA) is 55.1 Å². The zero-order valence-electron chi connectivity index (χ0n) is 9.94. The summed E-state index contributed by atoms with van der Waals surface area (Å²) in [6.07, 6.45) is 5.37. The Kier molecular flexibility index (Phi) is 4.48. The maximum atomic E-state index is 12.1. The fourth-order valence-corrected chi connectivity index (χ4v) is 4.02. The quantitative estimate of drug-likeness (QED) is 0.826. The standard InChI is InChI=1S/C12H18N2OS2/c1-16-10-5-6-17-11(10)12(15)14-9-4-2-3-8(9)7-13/h5-6,8-9H,2-4,7,13H2,1H3,(H,14,15). The predicted molar refractivity (Wildman–Crippen MR) is 73.7 cm³/mol. The van der Waals surface area contributed by atoms with Gasteiger partial charge in [-0.3, -0.25) is 4.79 Å². The van der Waals surface area contributed by atoms with Crippen LogP contribution in [0.4, 0.5) is 0 Å². The Morgan fingerprint density at radius 3 is 3.18 bits per heavy atom. The average Bonchev–Trinajstić information content (AvgIpc) is 2.96. The molecule has 1 aromatic rings. The Labute approximate surface area is 110 Å². The smallest absolute Gasteiger partial charge is 0.262 e. The number of amides is 1. The highest BCUT2D eigenvalue weighted by molar-refractivity contribution is 7.98. The maximum absolute atomic E-state index is 12.1. The van der Waals surface area contributed by atoms with Crippen LogP contribution in [0.15, 0.2) is 16.3 Å². The van der Waals surface area contributed by atoms with Gasteiger partial charge < -0.3 is 11.1 Å². The van der Waals surface area contributed by atoms with Crippen LogP contribution in [0.2, 0.25) is 0 Å². The Bertz CT molecular complexity index is 392. The van der Waals surface area contributed by atoms with Crippen molar-refractivity contribution in [3.8, 4) is 0 Å². The van der Waals surface area contributed by atoms with E-state index in [4.69, 9.17) is 5.73 Å². The summed E-state index contributed by atoms with van der Waals surface area (Å²) in [4.78, 5) is 14.0. The van der Waals surface area contributed by atoms with E-state index < -0.39 is 0 Å². The second-order valence-corrected chi connectivity index (χ2v) is 6.09. The molecule has 1 heterocycles. The summed E-state index contributed by atoms with van der Waals surface area (Å²) in [6, 6.07) is 2.27. The first-order valence-electron chi connectivity index (χ1n) is 5.88. The first-order valence-corrected chi connectivity index (χ1v) is 7.99. The van der Waals surface area contributed by atoms with Gasteiger partial charge in [-0.05, 0) is 43.0 Å². The molecule has 0 aliphatic heterocycles. The third-order valence-corrected chi connectivity index (χ3v) is 5.16. The lowest BCUT2D eigenvalue weighted by Crippen LogP contribution is -2.39. The minimum atomic E-state index is 0.0645. The van der Waals surface area contributed by atoms with Crippen LogP contribution in [-0.4, -0.2) is 24.7 Å². The summed E-state index contributed by atoms with van der Waals surface area (Å²) < 4.78 is 0. The SMILES string of the molecule is CSc1ccsc1C(=O)NC1CCCC1CN. The van der Waals surface area contributed by atoms with Crippen LogP contribution in [0.3, 0.4) is 0 Å². The Balaban J connectivity index is 2.01. The summed E-state index contributed by atoms with van der Waals surface area (Å²) in [7, 11) is 0. The van der Waals surface area contributed by atoms with E-state index in [1.807, 2.05) is 17.7 Å². The number of nitrogens with one attached hydrogen (secondary N) is 1. The van der Waals surface area contributed by atoms with E-state index >= 15 is 0 Å². The van der Waals surface area contributed by atoms with Crippen molar-refractivity contribution in [2.75, 3.05) is 12.8 Å². The van der Waals surface area contributed by atoms with Crippen LogP contribution in [0.5, 0.6) is 0 Å². The van der Waals surface area contributed by atoms with Gasteiger partial charge in [0.2, 0.25) is 0 Å². The predicted octanol–water partition coefficient (Wildman–Crippen LogP) is 2.33. The minimum Gasteiger partial charge on any atom is -0.348 e. The van der Waals surface area contributed by atoms with Crippen molar-refractivity contribution in [1.82, 2.24) is 5.32 Å². The molecule has 1 aromatic heterocycles. The molecule has 2 unspecified atom stereocenters. The van der Waals surface area contributed by atoms with Gasteiger partial charge in [-0.15, -0.1) is 23.1 Å². The number of thioether (sulfide) groups is 1. The van der Waals surface area contributed by atoms with Gasteiger partial charge in [0.15, 0.2) is 0 Å². The minimum absolute atomic E-state index is 0.0645. The van der Waals surface area contributed by atoms with E-state index in [1.165, 1.54) is 17.8 Å². The van der Waals surface area contributed by atoms with Crippen LogP contribution >= 0.6 is 23.1 Å². The second kappa shape index (κ2) is 5.89. The van der Waals surface area contributed by atoms with Gasteiger partial charge in [0.05, 0.1) is 0 Å². The van der Waals surface area contributed by atoms with Gasteiger partial charge in [-0.25, -0.2) is 0 Å². The van der Waals surface area contributed by atoms with Crippen molar-refractivity contribution in [3.05, 3.63) is 16.3 Å². The van der Waals surface area contributed by atoms with E-state index in [0.717, 1.165) is 22.6 Å². The number of nitrogens with two attached hydrogens (primary N) is 1. The molecule has 0 bridgehead atoms. The molecular weight excluding hydrogens is 252 g/mol. The Morgan fingerprint density at radius 2 is 2.47 bits per heavy atom. The molecule has 3 N–H and O–H groups in total. The molecule has 94 valence electrons. The summed E-state index contributed by atoms with van der Waals surface area (Å²) in [6.45, 7) is 0.671. The van der Waals surface area contributed by atoms with Gasteiger partial charge in [-0.2, -0.15) is 0 Å². The summed E-state index contributed by atoms with van der Waals surface area (Å²) in [5.74, 6) is 0.520. The van der Waals surface area contributed by atoms with Gasteiger partial charge in [0.1, 0.15) is 4.88 Å². The number of carbonyl (C=O) groups excluding carboxylic acids is 1. The fourth-order valence-electron chi connectivity index (χ4n) is 2.37. The van der Waals surface area contributed by atoms with E-state index in [1.54, 1.807) is 11.8 Å². The zero-order chi connectivity index (χ0) is 12.3. The molecule has 1 saturated carbocycles. The Morgan fingerprint density at radius 1 is 1.65 bits per heavy atom. The number of hydrogen-bond donors (Lipinski definition) is 2. The molecule has 0 spiro atoms. The van der Waals surface area contributed by atoms with E-state index in [-0.39, 0.29) is 11.9 Å². The van der Waals surface area contributed by atoms with E-state index in [0.29, 0.717) is 12.5 Å². The Hall–Kier alpha value is -0.520. The monoisotopic (exact) mass is 270 g/mol. The molecule has 2 atom stereocenters. The largest absolute Gasteiger partial charge is 0.348 e. The molecule has 5 heteroatoms. The maximum Gasteiger partial charge on any atom is 0.262 e. The molecule has 3 nitrogen and oxygen atoms in total. The van der Waals surface area contributed by atoms with Crippen LogP contribution < -0.4 is 11.1 Å². The van der Waals surface area contributed by atoms with Crippen molar-refractivity contribution in [2.24, 2.45) is 11.7 Å². The summed E-state index contributed by atoms with van der Waals surface area (Å²) in [5.41, 5.74) is 5.72. The fraction of sp³-hybridized carbons (Fsp3) is 0.583. The highest BCUT2D eigenvalue weighted by Gasteiger charge is 2.28. The van der Waals surface area contributed by atoms with Crippen molar-refractivity contribution in [3.63, 3.8) is 0 Å². The van der Waals surface area contributed by atoms with Crippen LogP contribution in [0.25, 0.3) is 0 Å². The molecular formula is C12H18N2OS2. The molecule has 1 amide bonds.